The van der Waals surface area contributed by atoms with E-state index in [1.807, 2.05) is 13.0 Å². The minimum absolute atomic E-state index is 0.222. The third kappa shape index (κ3) is 1.66. The molecule has 16 heavy (non-hydrogen) atoms. The first-order chi connectivity index (χ1) is 7.61. The molecule has 2 atom stereocenters. The molecule has 1 aliphatic rings. The van der Waals surface area contributed by atoms with Crippen LogP contribution in [0.2, 0.25) is 0 Å². The fourth-order valence-electron chi connectivity index (χ4n) is 2.93. The smallest absolute Gasteiger partial charge is 0.103 e. The highest BCUT2D eigenvalue weighted by molar-refractivity contribution is 5.39. The summed E-state index contributed by atoms with van der Waals surface area (Å²) in [5.74, 6) is 0. The molecule has 0 aliphatic heterocycles. The van der Waals surface area contributed by atoms with Gasteiger partial charge in [-0.25, -0.2) is 0 Å². The lowest BCUT2D eigenvalue weighted by Crippen LogP contribution is -2.46. The summed E-state index contributed by atoms with van der Waals surface area (Å²) < 4.78 is 0. The van der Waals surface area contributed by atoms with Crippen LogP contribution >= 0.6 is 0 Å². The van der Waals surface area contributed by atoms with Crippen molar-refractivity contribution in [1.82, 2.24) is 4.90 Å². The first-order valence-corrected chi connectivity index (χ1v) is 6.16. The molecule has 0 bridgehead atoms. The van der Waals surface area contributed by atoms with Gasteiger partial charge in [0.15, 0.2) is 0 Å². The van der Waals surface area contributed by atoms with E-state index in [1.54, 1.807) is 0 Å². The molecule has 0 radical (unpaired) electrons. The van der Waals surface area contributed by atoms with Crippen LogP contribution in [0.25, 0.3) is 0 Å². The molecule has 0 amide bonds. The normalized spacial score (nSPS) is 28.4. The predicted molar refractivity (Wildman–Crippen MR) is 66.4 cm³/mol. The Morgan fingerprint density at radius 1 is 1.31 bits per heavy atom. The average molecular weight is 219 g/mol. The highest BCUT2D eigenvalue weighted by Gasteiger charge is 2.43. The number of hydrogen-bond acceptors (Lipinski definition) is 2. The Balaban J connectivity index is 2.35. The highest BCUT2D eigenvalue weighted by atomic mass is 16.3. The molecule has 0 spiro atoms. The molecule has 1 N–H and O–H groups in total. The van der Waals surface area contributed by atoms with Crippen molar-refractivity contribution in [2.45, 2.75) is 38.8 Å². The van der Waals surface area contributed by atoms with Crippen LogP contribution in [0, 0.1) is 0 Å². The van der Waals surface area contributed by atoms with E-state index in [4.69, 9.17) is 0 Å². The van der Waals surface area contributed by atoms with Crippen LogP contribution in [0.5, 0.6) is 0 Å². The predicted octanol–water partition coefficient (Wildman–Crippen LogP) is 2.16. The SMILES string of the molecule is CCN(CC)[C@H]1Cc2ccccc2[C@]1(C)O. The second-order valence-electron chi connectivity index (χ2n) is 4.75. The molecule has 1 aromatic carbocycles. The first kappa shape index (κ1) is 11.6. The zero-order chi connectivity index (χ0) is 11.8. The number of rotatable bonds is 3. The fraction of sp³-hybridized carbons (Fsp3) is 0.571. The summed E-state index contributed by atoms with van der Waals surface area (Å²) in [4.78, 5) is 2.35. The van der Waals surface area contributed by atoms with Gasteiger partial charge in [0.1, 0.15) is 5.60 Å². The van der Waals surface area contributed by atoms with Gasteiger partial charge in [-0.05, 0) is 37.6 Å². The Morgan fingerprint density at radius 2 is 1.94 bits per heavy atom. The topological polar surface area (TPSA) is 23.5 Å². The van der Waals surface area contributed by atoms with Crippen molar-refractivity contribution in [3.8, 4) is 0 Å². The Kier molecular flexibility index (Phi) is 3.04. The van der Waals surface area contributed by atoms with Gasteiger partial charge in [0, 0.05) is 6.04 Å². The summed E-state index contributed by atoms with van der Waals surface area (Å²) in [6, 6.07) is 8.48. The van der Waals surface area contributed by atoms with E-state index in [0.29, 0.717) is 0 Å². The van der Waals surface area contributed by atoms with Crippen LogP contribution in [-0.2, 0) is 12.0 Å². The van der Waals surface area contributed by atoms with Gasteiger partial charge < -0.3 is 5.11 Å². The molecule has 1 aliphatic carbocycles. The van der Waals surface area contributed by atoms with Crippen LogP contribution in [-0.4, -0.2) is 29.1 Å². The van der Waals surface area contributed by atoms with E-state index in [9.17, 15) is 5.11 Å². The monoisotopic (exact) mass is 219 g/mol. The third-order valence-electron chi connectivity index (χ3n) is 3.88. The quantitative estimate of drug-likeness (QED) is 0.842. The molecule has 2 heteroatoms. The zero-order valence-electron chi connectivity index (χ0n) is 10.4. The number of nitrogens with zero attached hydrogens (tertiary/aromatic N) is 1. The van der Waals surface area contributed by atoms with E-state index >= 15 is 0 Å². The molecule has 0 heterocycles. The van der Waals surface area contributed by atoms with E-state index in [-0.39, 0.29) is 6.04 Å². The van der Waals surface area contributed by atoms with Gasteiger partial charge in [-0.3, -0.25) is 4.90 Å². The molecule has 0 fully saturated rings. The van der Waals surface area contributed by atoms with Crippen molar-refractivity contribution in [3.63, 3.8) is 0 Å². The van der Waals surface area contributed by atoms with E-state index in [2.05, 4.69) is 36.9 Å². The lowest BCUT2D eigenvalue weighted by Gasteiger charge is -2.35. The highest BCUT2D eigenvalue weighted by Crippen LogP contribution is 2.39. The van der Waals surface area contributed by atoms with Gasteiger partial charge in [-0.1, -0.05) is 38.1 Å². The second-order valence-corrected chi connectivity index (χ2v) is 4.75. The average Bonchev–Trinajstić information content (AvgIpc) is 2.54. The number of likely N-dealkylation sites (N-methyl/N-ethyl adjacent to an activating group) is 1. The Morgan fingerprint density at radius 3 is 2.50 bits per heavy atom. The largest absolute Gasteiger partial charge is 0.384 e. The Labute approximate surface area is 97.9 Å². The zero-order valence-corrected chi connectivity index (χ0v) is 10.4. The molecule has 88 valence electrons. The summed E-state index contributed by atoms with van der Waals surface area (Å²) in [6.07, 6.45) is 0.963. The van der Waals surface area contributed by atoms with Crippen LogP contribution < -0.4 is 0 Å². The van der Waals surface area contributed by atoms with Crippen LogP contribution in [0.1, 0.15) is 31.9 Å². The van der Waals surface area contributed by atoms with Crippen molar-refractivity contribution in [2.75, 3.05) is 13.1 Å². The maximum Gasteiger partial charge on any atom is 0.103 e. The molecular weight excluding hydrogens is 198 g/mol. The van der Waals surface area contributed by atoms with Crippen molar-refractivity contribution in [2.24, 2.45) is 0 Å². The summed E-state index contributed by atoms with van der Waals surface area (Å²) in [5, 5.41) is 10.7. The van der Waals surface area contributed by atoms with Crippen molar-refractivity contribution >= 4 is 0 Å². The maximum absolute atomic E-state index is 10.7. The standard InChI is InChI=1S/C14H21NO/c1-4-15(5-2)13-10-11-8-6-7-9-12(11)14(13,3)16/h6-9,13,16H,4-5,10H2,1-3H3/t13-,14-/m0/s1. The molecule has 0 saturated heterocycles. The summed E-state index contributed by atoms with van der Waals surface area (Å²) in [7, 11) is 0. The van der Waals surface area contributed by atoms with Crippen molar-refractivity contribution in [3.05, 3.63) is 35.4 Å². The molecule has 2 rings (SSSR count). The minimum Gasteiger partial charge on any atom is -0.384 e. The summed E-state index contributed by atoms with van der Waals surface area (Å²) >= 11 is 0. The molecule has 1 aromatic rings. The fourth-order valence-corrected chi connectivity index (χ4v) is 2.93. The minimum atomic E-state index is -0.706. The van der Waals surface area contributed by atoms with Gasteiger partial charge in [-0.2, -0.15) is 0 Å². The van der Waals surface area contributed by atoms with Crippen LogP contribution in [0.15, 0.2) is 24.3 Å². The van der Waals surface area contributed by atoms with Gasteiger partial charge in [0.2, 0.25) is 0 Å². The first-order valence-electron chi connectivity index (χ1n) is 6.16. The third-order valence-corrected chi connectivity index (χ3v) is 3.88. The molecule has 0 aromatic heterocycles. The number of aliphatic hydroxyl groups is 1. The van der Waals surface area contributed by atoms with Gasteiger partial charge in [0.25, 0.3) is 0 Å². The van der Waals surface area contributed by atoms with Crippen LogP contribution in [0.3, 0.4) is 0 Å². The maximum atomic E-state index is 10.7. The van der Waals surface area contributed by atoms with E-state index in [0.717, 1.165) is 25.1 Å². The number of hydrogen-bond donors (Lipinski definition) is 1. The molecule has 0 saturated carbocycles. The van der Waals surface area contributed by atoms with Gasteiger partial charge in [-0.15, -0.1) is 0 Å². The summed E-state index contributed by atoms with van der Waals surface area (Å²) in [5.41, 5.74) is 1.69. The van der Waals surface area contributed by atoms with E-state index in [1.165, 1.54) is 5.56 Å². The van der Waals surface area contributed by atoms with Crippen molar-refractivity contribution < 1.29 is 5.11 Å². The molecular formula is C14H21NO. The van der Waals surface area contributed by atoms with Crippen LogP contribution in [0.4, 0.5) is 0 Å². The molecule has 0 unspecified atom stereocenters. The Hall–Kier alpha value is -0.860. The van der Waals surface area contributed by atoms with Gasteiger partial charge in [0.05, 0.1) is 0 Å². The lowest BCUT2D eigenvalue weighted by molar-refractivity contribution is -0.0233. The summed E-state index contributed by atoms with van der Waals surface area (Å²) in [6.45, 7) is 8.24. The van der Waals surface area contributed by atoms with Crippen molar-refractivity contribution in [1.29, 1.82) is 0 Å². The number of benzene rings is 1. The van der Waals surface area contributed by atoms with E-state index < -0.39 is 5.60 Å². The number of fused-ring (bicyclic) bond motifs is 1. The lowest BCUT2D eigenvalue weighted by atomic mass is 9.94. The Bertz CT molecular complexity index is 369. The molecule has 2 nitrogen and oxygen atoms in total. The van der Waals surface area contributed by atoms with Gasteiger partial charge >= 0.3 is 0 Å². The second kappa shape index (κ2) is 4.19.